The second-order valence-corrected chi connectivity index (χ2v) is 6.73. The predicted molar refractivity (Wildman–Crippen MR) is 88.5 cm³/mol. The summed E-state index contributed by atoms with van der Waals surface area (Å²) in [4.78, 5) is 12.5. The average Bonchev–Trinajstić information content (AvgIpc) is 2.73. The Hall–Kier alpha value is -2.09. The maximum absolute atomic E-state index is 13.7. The monoisotopic (exact) mass is 370 g/mol. The van der Waals surface area contributed by atoms with Gasteiger partial charge in [-0.1, -0.05) is 31.0 Å². The zero-order chi connectivity index (χ0) is 18.9. The van der Waals surface area contributed by atoms with Crippen molar-refractivity contribution in [1.82, 2.24) is 5.01 Å². The van der Waals surface area contributed by atoms with Crippen LogP contribution in [0.25, 0.3) is 0 Å². The first-order valence-electron chi connectivity index (χ1n) is 8.63. The number of hydrazone groups is 1. The van der Waals surface area contributed by atoms with E-state index in [1.54, 1.807) is 31.2 Å². The molecule has 0 aromatic heterocycles. The number of ether oxygens (including phenoxy) is 1. The summed E-state index contributed by atoms with van der Waals surface area (Å²) in [5, 5.41) is 14.6. The highest BCUT2D eigenvalue weighted by atomic mass is 19.4. The number of hydrogen-bond acceptors (Lipinski definition) is 4. The number of aryl methyl sites for hydroxylation is 1. The molecular formula is C18H21F3N2O3. The van der Waals surface area contributed by atoms with E-state index in [4.69, 9.17) is 4.74 Å². The van der Waals surface area contributed by atoms with Gasteiger partial charge in [0.25, 0.3) is 11.6 Å². The fourth-order valence-corrected chi connectivity index (χ4v) is 3.56. The van der Waals surface area contributed by atoms with Gasteiger partial charge < -0.3 is 9.84 Å². The van der Waals surface area contributed by atoms with Crippen LogP contribution >= 0.6 is 0 Å². The molecule has 2 aliphatic rings. The number of carbonyl (C=O) groups excluding carboxylic acids is 1. The Labute approximate surface area is 149 Å². The lowest BCUT2D eigenvalue weighted by Crippen LogP contribution is -2.61. The molecule has 1 N–H and O–H groups in total. The molecule has 1 aliphatic carbocycles. The van der Waals surface area contributed by atoms with Crippen LogP contribution < -0.4 is 4.74 Å². The van der Waals surface area contributed by atoms with Crippen LogP contribution in [0.3, 0.4) is 0 Å². The number of fused-ring (bicyclic) bond motifs is 1. The summed E-state index contributed by atoms with van der Waals surface area (Å²) in [6.45, 7) is 1.13. The molecule has 1 fully saturated rings. The van der Waals surface area contributed by atoms with Crippen LogP contribution in [0.15, 0.2) is 29.4 Å². The molecule has 0 bridgehead atoms. The first-order chi connectivity index (χ1) is 12.2. The van der Waals surface area contributed by atoms with Gasteiger partial charge in [0, 0.05) is 5.71 Å². The van der Waals surface area contributed by atoms with Crippen LogP contribution in [0.4, 0.5) is 13.2 Å². The number of para-hydroxylation sites is 1. The van der Waals surface area contributed by atoms with Gasteiger partial charge in [-0.15, -0.1) is 0 Å². The third kappa shape index (κ3) is 3.18. The lowest BCUT2D eigenvalue weighted by atomic mass is 9.87. The van der Waals surface area contributed by atoms with Crippen LogP contribution in [-0.4, -0.2) is 40.2 Å². The maximum atomic E-state index is 13.7. The number of hydrogen-bond donors (Lipinski definition) is 1. The van der Waals surface area contributed by atoms with Crippen molar-refractivity contribution in [3.05, 3.63) is 29.8 Å². The molecule has 0 saturated heterocycles. The molecule has 3 rings (SSSR count). The lowest BCUT2D eigenvalue weighted by molar-refractivity contribution is -0.317. The highest BCUT2D eigenvalue weighted by Gasteiger charge is 2.68. The van der Waals surface area contributed by atoms with Crippen LogP contribution in [0.5, 0.6) is 5.75 Å². The van der Waals surface area contributed by atoms with Gasteiger partial charge in [-0.2, -0.15) is 23.3 Å². The minimum atomic E-state index is -5.01. The summed E-state index contributed by atoms with van der Waals surface area (Å²) in [6, 6.07) is 6.87. The van der Waals surface area contributed by atoms with Crippen molar-refractivity contribution in [2.45, 2.75) is 50.9 Å². The molecule has 1 aromatic carbocycles. The maximum Gasteiger partial charge on any atom is 0.439 e. The summed E-state index contributed by atoms with van der Waals surface area (Å²) in [5.74, 6) is -1.83. The molecule has 2 atom stereocenters. The molecule has 0 unspecified atom stereocenters. The van der Waals surface area contributed by atoms with E-state index in [1.807, 2.05) is 0 Å². The lowest BCUT2D eigenvalue weighted by Gasteiger charge is -2.37. The number of aliphatic hydroxyl groups is 1. The Kier molecular flexibility index (Phi) is 4.96. The van der Waals surface area contributed by atoms with Crippen LogP contribution in [0.2, 0.25) is 0 Å². The average molecular weight is 370 g/mol. The normalized spacial score (nSPS) is 26.1. The molecule has 1 amide bonds. The zero-order valence-electron chi connectivity index (χ0n) is 14.4. The summed E-state index contributed by atoms with van der Waals surface area (Å²) >= 11 is 0. The van der Waals surface area contributed by atoms with Crippen molar-refractivity contribution in [2.24, 2.45) is 11.0 Å². The third-order valence-electron chi connectivity index (χ3n) is 4.96. The molecule has 0 spiro atoms. The van der Waals surface area contributed by atoms with Crippen LogP contribution in [0, 0.1) is 12.8 Å². The number of rotatable bonds is 3. The van der Waals surface area contributed by atoms with Gasteiger partial charge in [0.15, 0.2) is 6.61 Å². The second-order valence-electron chi connectivity index (χ2n) is 6.73. The molecule has 1 aromatic rings. The number of nitrogens with zero attached hydrogens (tertiary/aromatic N) is 2. The minimum Gasteiger partial charge on any atom is -0.483 e. The van der Waals surface area contributed by atoms with Gasteiger partial charge in [-0.3, -0.25) is 4.79 Å². The van der Waals surface area contributed by atoms with Crippen molar-refractivity contribution in [3.63, 3.8) is 0 Å². The van der Waals surface area contributed by atoms with Gasteiger partial charge in [-0.05, 0) is 37.8 Å². The van der Waals surface area contributed by atoms with E-state index in [2.05, 4.69) is 5.10 Å². The fourth-order valence-electron chi connectivity index (χ4n) is 3.56. The van der Waals surface area contributed by atoms with Crippen LogP contribution in [-0.2, 0) is 4.79 Å². The van der Waals surface area contributed by atoms with Gasteiger partial charge in [0.2, 0.25) is 0 Å². The molecule has 1 heterocycles. The molecule has 1 aliphatic heterocycles. The van der Waals surface area contributed by atoms with E-state index in [9.17, 15) is 23.1 Å². The van der Waals surface area contributed by atoms with Gasteiger partial charge >= 0.3 is 6.18 Å². The molecule has 0 radical (unpaired) electrons. The van der Waals surface area contributed by atoms with Crippen molar-refractivity contribution in [2.75, 3.05) is 6.61 Å². The molecule has 8 heteroatoms. The SMILES string of the molecule is Cc1ccccc1OCC(=O)N1N=C2CCCCC[C@@H]2[C@@]1(O)C(F)(F)F. The van der Waals surface area contributed by atoms with Crippen molar-refractivity contribution in [1.29, 1.82) is 0 Å². The van der Waals surface area contributed by atoms with Crippen molar-refractivity contribution >= 4 is 11.6 Å². The van der Waals surface area contributed by atoms with Crippen LogP contribution in [0.1, 0.15) is 37.7 Å². The van der Waals surface area contributed by atoms with Crippen molar-refractivity contribution in [3.8, 4) is 5.75 Å². The van der Waals surface area contributed by atoms with Crippen molar-refractivity contribution < 1.29 is 27.8 Å². The highest BCUT2D eigenvalue weighted by Crippen LogP contribution is 2.47. The summed E-state index contributed by atoms with van der Waals surface area (Å²) in [5.41, 5.74) is -2.31. The standard InChI is InChI=1S/C18H21F3N2O3/c1-12-7-5-6-10-15(12)26-11-16(24)23-17(25,18(19,20)21)13-8-3-2-4-9-14(13)22-23/h5-7,10,13,25H,2-4,8-9,11H2,1H3/t13-,17+/m0/s1. The molecule has 1 saturated carbocycles. The largest absolute Gasteiger partial charge is 0.483 e. The number of amides is 1. The fraction of sp³-hybridized carbons (Fsp3) is 0.556. The Morgan fingerprint density at radius 3 is 2.77 bits per heavy atom. The van der Waals surface area contributed by atoms with Gasteiger partial charge in [-0.25, -0.2) is 0 Å². The number of halogens is 3. The Bertz CT molecular complexity index is 720. The van der Waals surface area contributed by atoms with E-state index in [1.165, 1.54) is 0 Å². The quantitative estimate of drug-likeness (QED) is 0.887. The molecular weight excluding hydrogens is 349 g/mol. The predicted octanol–water partition coefficient (Wildman–Crippen LogP) is 3.40. The number of alkyl halides is 3. The van der Waals surface area contributed by atoms with E-state index < -0.39 is 30.3 Å². The van der Waals surface area contributed by atoms with E-state index in [0.717, 1.165) is 12.0 Å². The smallest absolute Gasteiger partial charge is 0.439 e. The summed E-state index contributed by atoms with van der Waals surface area (Å²) in [7, 11) is 0. The number of carbonyl (C=O) groups is 1. The van der Waals surface area contributed by atoms with E-state index in [-0.39, 0.29) is 17.1 Å². The Morgan fingerprint density at radius 1 is 1.35 bits per heavy atom. The second kappa shape index (κ2) is 6.90. The summed E-state index contributed by atoms with van der Waals surface area (Å²) < 4.78 is 46.5. The van der Waals surface area contributed by atoms with E-state index >= 15 is 0 Å². The Balaban J connectivity index is 1.84. The molecule has 142 valence electrons. The minimum absolute atomic E-state index is 0.150. The van der Waals surface area contributed by atoms with E-state index in [0.29, 0.717) is 25.0 Å². The Morgan fingerprint density at radius 2 is 2.08 bits per heavy atom. The topological polar surface area (TPSA) is 62.1 Å². The molecule has 5 nitrogen and oxygen atoms in total. The van der Waals surface area contributed by atoms with Gasteiger partial charge in [0.05, 0.1) is 5.92 Å². The first kappa shape index (κ1) is 18.7. The third-order valence-corrected chi connectivity index (χ3v) is 4.96. The number of benzene rings is 1. The molecule has 26 heavy (non-hydrogen) atoms. The zero-order valence-corrected chi connectivity index (χ0v) is 14.4. The highest BCUT2D eigenvalue weighted by molar-refractivity contribution is 5.93. The first-order valence-corrected chi connectivity index (χ1v) is 8.63. The van der Waals surface area contributed by atoms with Gasteiger partial charge in [0.1, 0.15) is 5.75 Å². The summed E-state index contributed by atoms with van der Waals surface area (Å²) in [6.07, 6.45) is -2.46.